The molecule has 110 valence electrons. The molecule has 0 atom stereocenters. The molecule has 0 aliphatic heterocycles. The van der Waals surface area contributed by atoms with Crippen molar-refractivity contribution in [3.05, 3.63) is 52.8 Å². The van der Waals surface area contributed by atoms with Gasteiger partial charge in [0.25, 0.3) is 5.91 Å². The van der Waals surface area contributed by atoms with E-state index in [0.29, 0.717) is 28.4 Å². The Labute approximate surface area is 132 Å². The Bertz CT molecular complexity index is 629. The molecule has 2 aromatic rings. The number of rotatable bonds is 5. The molecule has 4 nitrogen and oxygen atoms in total. The molecule has 0 radical (unpaired) electrons. The molecular weight excluding hydrogens is 332 g/mol. The second kappa shape index (κ2) is 7.22. The van der Waals surface area contributed by atoms with Gasteiger partial charge < -0.3 is 10.1 Å². The summed E-state index contributed by atoms with van der Waals surface area (Å²) in [5, 5.41) is 2.84. The van der Waals surface area contributed by atoms with Crippen LogP contribution in [-0.2, 0) is 0 Å². The summed E-state index contributed by atoms with van der Waals surface area (Å²) in [6, 6.07) is 10.8. The lowest BCUT2D eigenvalue weighted by Gasteiger charge is -2.11. The lowest BCUT2D eigenvalue weighted by Crippen LogP contribution is -2.13. The molecule has 0 fully saturated rings. The fourth-order valence-electron chi connectivity index (χ4n) is 1.68. The van der Waals surface area contributed by atoms with Gasteiger partial charge in [0.2, 0.25) is 0 Å². The van der Waals surface area contributed by atoms with Crippen molar-refractivity contribution in [2.45, 2.75) is 13.8 Å². The van der Waals surface area contributed by atoms with Gasteiger partial charge in [-0.15, -0.1) is 0 Å². The number of nitrogens with zero attached hydrogens (tertiary/aromatic N) is 1. The highest BCUT2D eigenvalue weighted by molar-refractivity contribution is 9.10. The SMILES string of the molecule is CC(C)COc1cccc(NC(=O)c2cccnc2Br)c1. The smallest absolute Gasteiger partial charge is 0.258 e. The van der Waals surface area contributed by atoms with Gasteiger partial charge in [-0.05, 0) is 46.1 Å². The molecule has 0 saturated carbocycles. The van der Waals surface area contributed by atoms with E-state index in [0.717, 1.165) is 5.75 Å². The maximum atomic E-state index is 12.2. The summed E-state index contributed by atoms with van der Waals surface area (Å²) < 4.78 is 6.17. The standard InChI is InChI=1S/C16H17BrN2O2/c1-11(2)10-21-13-6-3-5-12(9-13)19-16(20)14-7-4-8-18-15(14)17/h3-9,11H,10H2,1-2H3,(H,19,20). The molecule has 0 unspecified atom stereocenters. The Balaban J connectivity index is 2.07. The topological polar surface area (TPSA) is 51.2 Å². The fraction of sp³-hybridized carbons (Fsp3) is 0.250. The molecule has 1 N–H and O–H groups in total. The van der Waals surface area contributed by atoms with Crippen LogP contribution in [0.5, 0.6) is 5.75 Å². The van der Waals surface area contributed by atoms with Crippen LogP contribution in [0.1, 0.15) is 24.2 Å². The van der Waals surface area contributed by atoms with Gasteiger partial charge >= 0.3 is 0 Å². The number of amides is 1. The molecule has 0 saturated heterocycles. The number of aromatic nitrogens is 1. The van der Waals surface area contributed by atoms with E-state index in [4.69, 9.17) is 4.74 Å². The summed E-state index contributed by atoms with van der Waals surface area (Å²) in [6.45, 7) is 4.82. The Hall–Kier alpha value is -1.88. The second-order valence-corrected chi connectivity index (χ2v) is 5.78. The second-order valence-electron chi connectivity index (χ2n) is 5.03. The summed E-state index contributed by atoms with van der Waals surface area (Å²) in [4.78, 5) is 16.2. The number of carbonyl (C=O) groups is 1. The summed E-state index contributed by atoms with van der Waals surface area (Å²) in [7, 11) is 0. The van der Waals surface area contributed by atoms with Gasteiger partial charge in [0.1, 0.15) is 10.4 Å². The number of pyridine rings is 1. The molecule has 1 aromatic carbocycles. The van der Waals surface area contributed by atoms with Gasteiger partial charge in [-0.3, -0.25) is 4.79 Å². The molecule has 1 amide bonds. The third kappa shape index (κ3) is 4.56. The summed E-state index contributed by atoms with van der Waals surface area (Å²) in [5.41, 5.74) is 1.18. The zero-order valence-electron chi connectivity index (χ0n) is 12.0. The van der Waals surface area contributed by atoms with E-state index in [-0.39, 0.29) is 5.91 Å². The summed E-state index contributed by atoms with van der Waals surface area (Å²) >= 11 is 3.27. The number of anilines is 1. The predicted molar refractivity (Wildman–Crippen MR) is 86.7 cm³/mol. The van der Waals surface area contributed by atoms with E-state index in [1.165, 1.54) is 0 Å². The minimum Gasteiger partial charge on any atom is -0.493 e. The van der Waals surface area contributed by atoms with Crippen LogP contribution in [0.15, 0.2) is 47.2 Å². The van der Waals surface area contributed by atoms with Crippen LogP contribution in [0, 0.1) is 5.92 Å². The zero-order chi connectivity index (χ0) is 15.2. The molecule has 5 heteroatoms. The van der Waals surface area contributed by atoms with Gasteiger partial charge in [-0.1, -0.05) is 19.9 Å². The molecule has 2 rings (SSSR count). The van der Waals surface area contributed by atoms with Crippen LogP contribution in [0.2, 0.25) is 0 Å². The van der Waals surface area contributed by atoms with Gasteiger partial charge in [-0.25, -0.2) is 4.98 Å². The molecule has 0 aliphatic rings. The highest BCUT2D eigenvalue weighted by Gasteiger charge is 2.10. The Morgan fingerprint density at radius 3 is 2.86 bits per heavy atom. The van der Waals surface area contributed by atoms with E-state index in [1.807, 2.05) is 24.3 Å². The highest BCUT2D eigenvalue weighted by atomic mass is 79.9. The number of carbonyl (C=O) groups excluding carboxylic acids is 1. The largest absolute Gasteiger partial charge is 0.493 e. The van der Waals surface area contributed by atoms with Crippen LogP contribution >= 0.6 is 15.9 Å². The number of nitrogens with one attached hydrogen (secondary N) is 1. The number of ether oxygens (including phenoxy) is 1. The first-order valence-corrected chi connectivity index (χ1v) is 7.50. The number of benzene rings is 1. The Morgan fingerprint density at radius 2 is 2.14 bits per heavy atom. The van der Waals surface area contributed by atoms with E-state index in [1.54, 1.807) is 18.3 Å². The first-order chi connectivity index (χ1) is 10.1. The minimum atomic E-state index is -0.212. The average Bonchev–Trinajstić information content (AvgIpc) is 2.46. The quantitative estimate of drug-likeness (QED) is 0.826. The lowest BCUT2D eigenvalue weighted by atomic mass is 10.2. The van der Waals surface area contributed by atoms with Crippen LogP contribution in [0.4, 0.5) is 5.69 Å². The number of hydrogen-bond acceptors (Lipinski definition) is 3. The molecule has 21 heavy (non-hydrogen) atoms. The van der Waals surface area contributed by atoms with Crippen molar-refractivity contribution in [3.63, 3.8) is 0 Å². The van der Waals surface area contributed by atoms with Crippen molar-refractivity contribution in [3.8, 4) is 5.75 Å². The van der Waals surface area contributed by atoms with Crippen LogP contribution in [0.25, 0.3) is 0 Å². The molecule has 0 aliphatic carbocycles. The van der Waals surface area contributed by atoms with E-state index >= 15 is 0 Å². The molecule has 1 heterocycles. The van der Waals surface area contributed by atoms with Crippen molar-refractivity contribution in [1.29, 1.82) is 0 Å². The Morgan fingerprint density at radius 1 is 1.33 bits per heavy atom. The third-order valence-electron chi connectivity index (χ3n) is 2.68. The normalized spacial score (nSPS) is 10.5. The van der Waals surface area contributed by atoms with Crippen molar-refractivity contribution < 1.29 is 9.53 Å². The summed E-state index contributed by atoms with van der Waals surface area (Å²) in [6.07, 6.45) is 1.63. The van der Waals surface area contributed by atoms with E-state index in [9.17, 15) is 4.79 Å². The van der Waals surface area contributed by atoms with E-state index in [2.05, 4.69) is 40.1 Å². The average molecular weight is 349 g/mol. The first kappa shape index (κ1) is 15.5. The monoisotopic (exact) mass is 348 g/mol. The van der Waals surface area contributed by atoms with Crippen LogP contribution in [0.3, 0.4) is 0 Å². The maximum Gasteiger partial charge on any atom is 0.258 e. The van der Waals surface area contributed by atoms with Crippen molar-refractivity contribution in [1.82, 2.24) is 4.98 Å². The highest BCUT2D eigenvalue weighted by Crippen LogP contribution is 2.20. The fourth-order valence-corrected chi connectivity index (χ4v) is 2.11. The maximum absolute atomic E-state index is 12.2. The first-order valence-electron chi connectivity index (χ1n) is 6.71. The van der Waals surface area contributed by atoms with Crippen LogP contribution < -0.4 is 10.1 Å². The Kier molecular flexibility index (Phi) is 5.33. The van der Waals surface area contributed by atoms with Crippen molar-refractivity contribution in [2.75, 3.05) is 11.9 Å². The summed E-state index contributed by atoms with van der Waals surface area (Å²) in [5.74, 6) is 0.984. The van der Waals surface area contributed by atoms with Gasteiger partial charge in [0.15, 0.2) is 0 Å². The minimum absolute atomic E-state index is 0.212. The molecular formula is C16H17BrN2O2. The van der Waals surface area contributed by atoms with Gasteiger partial charge in [0, 0.05) is 18.0 Å². The number of halogens is 1. The molecule has 1 aromatic heterocycles. The van der Waals surface area contributed by atoms with Crippen LogP contribution in [-0.4, -0.2) is 17.5 Å². The molecule has 0 bridgehead atoms. The lowest BCUT2D eigenvalue weighted by molar-refractivity contribution is 0.102. The predicted octanol–water partition coefficient (Wildman–Crippen LogP) is 4.13. The van der Waals surface area contributed by atoms with Crippen molar-refractivity contribution in [2.24, 2.45) is 5.92 Å². The van der Waals surface area contributed by atoms with Crippen molar-refractivity contribution >= 4 is 27.5 Å². The van der Waals surface area contributed by atoms with Gasteiger partial charge in [-0.2, -0.15) is 0 Å². The number of hydrogen-bond donors (Lipinski definition) is 1. The van der Waals surface area contributed by atoms with Gasteiger partial charge in [0.05, 0.1) is 12.2 Å². The third-order valence-corrected chi connectivity index (χ3v) is 3.31. The molecule has 0 spiro atoms. The van der Waals surface area contributed by atoms with E-state index < -0.39 is 0 Å². The zero-order valence-corrected chi connectivity index (χ0v) is 13.6.